The molecule has 1 aliphatic heterocycles. The summed E-state index contributed by atoms with van der Waals surface area (Å²) in [7, 11) is 1.21. The van der Waals surface area contributed by atoms with Crippen molar-refractivity contribution in [2.45, 2.75) is 52.2 Å². The Labute approximate surface area is 179 Å². The number of ether oxygens (including phenoxy) is 3. The number of hydrogen-bond acceptors (Lipinski definition) is 7. The van der Waals surface area contributed by atoms with Gasteiger partial charge in [-0.2, -0.15) is 0 Å². The number of nitrogens with zero attached hydrogens (tertiary/aromatic N) is 3. The predicted molar refractivity (Wildman–Crippen MR) is 110 cm³/mol. The van der Waals surface area contributed by atoms with Crippen LogP contribution in [-0.4, -0.2) is 45.0 Å². The van der Waals surface area contributed by atoms with E-state index in [1.54, 1.807) is 33.8 Å². The molecule has 0 saturated carbocycles. The Kier molecular flexibility index (Phi) is 5.75. The number of aromatic nitrogens is 3. The Balaban J connectivity index is 2.31. The number of methoxy groups -OCH3 is 1. The maximum absolute atomic E-state index is 13.5. The molecule has 1 aromatic heterocycles. The molecule has 0 fully saturated rings. The summed E-state index contributed by atoms with van der Waals surface area (Å²) >= 11 is 5.86. The van der Waals surface area contributed by atoms with Gasteiger partial charge in [0.05, 0.1) is 18.4 Å². The number of ketones is 1. The van der Waals surface area contributed by atoms with Gasteiger partial charge in [0.2, 0.25) is 5.28 Å². The minimum absolute atomic E-state index is 0.0992. The van der Waals surface area contributed by atoms with Crippen LogP contribution in [-0.2, 0) is 25.4 Å². The lowest BCUT2D eigenvalue weighted by Gasteiger charge is -2.41. The lowest BCUT2D eigenvalue weighted by Crippen LogP contribution is -2.50. The third-order valence-corrected chi connectivity index (χ3v) is 5.06. The highest BCUT2D eigenvalue weighted by Crippen LogP contribution is 2.43. The Morgan fingerprint density at radius 1 is 1.23 bits per heavy atom. The van der Waals surface area contributed by atoms with E-state index in [1.807, 2.05) is 19.1 Å². The Hall–Kier alpha value is -2.71. The lowest BCUT2D eigenvalue weighted by molar-refractivity contribution is -0.158. The zero-order valence-corrected chi connectivity index (χ0v) is 18.5. The van der Waals surface area contributed by atoms with Crippen LogP contribution >= 0.6 is 11.6 Å². The molecule has 0 atom stereocenters. The van der Waals surface area contributed by atoms with E-state index in [0.29, 0.717) is 17.7 Å². The summed E-state index contributed by atoms with van der Waals surface area (Å²) in [6.45, 7) is 8.85. The highest BCUT2D eigenvalue weighted by atomic mass is 35.5. The van der Waals surface area contributed by atoms with Gasteiger partial charge in [0.25, 0.3) is 0 Å². The molecule has 0 aliphatic carbocycles. The summed E-state index contributed by atoms with van der Waals surface area (Å²) in [5.74, 6) is -0.202. The molecule has 2 heterocycles. The summed E-state index contributed by atoms with van der Waals surface area (Å²) < 4.78 is 17.6. The van der Waals surface area contributed by atoms with Crippen molar-refractivity contribution >= 4 is 29.1 Å². The molecule has 0 amide bonds. The van der Waals surface area contributed by atoms with Gasteiger partial charge >= 0.3 is 6.16 Å². The van der Waals surface area contributed by atoms with Gasteiger partial charge in [-0.1, -0.05) is 13.0 Å². The fourth-order valence-electron chi connectivity index (χ4n) is 3.59. The van der Waals surface area contributed by atoms with E-state index in [1.165, 1.54) is 18.1 Å². The van der Waals surface area contributed by atoms with Gasteiger partial charge in [0.15, 0.2) is 11.5 Å². The summed E-state index contributed by atoms with van der Waals surface area (Å²) in [5, 5.41) is 4.23. The first kappa shape index (κ1) is 22.0. The van der Waals surface area contributed by atoms with Gasteiger partial charge in [-0.05, 0) is 69.0 Å². The highest BCUT2D eigenvalue weighted by molar-refractivity contribution is 6.28. The summed E-state index contributed by atoms with van der Waals surface area (Å²) in [6, 6.07) is 5.55. The molecule has 0 bridgehead atoms. The molecule has 0 N–H and O–H groups in total. The molecule has 0 saturated heterocycles. The Morgan fingerprint density at radius 3 is 2.50 bits per heavy atom. The van der Waals surface area contributed by atoms with Gasteiger partial charge < -0.3 is 14.2 Å². The van der Waals surface area contributed by atoms with Crippen LogP contribution < -0.4 is 0 Å². The van der Waals surface area contributed by atoms with Gasteiger partial charge in [0.1, 0.15) is 17.5 Å². The minimum Gasteiger partial charge on any atom is -0.437 e. The molecule has 30 heavy (non-hydrogen) atoms. The fourth-order valence-corrected chi connectivity index (χ4v) is 3.72. The molecule has 1 aliphatic rings. The molecule has 0 unspecified atom stereocenters. The molecule has 1 aromatic carbocycles. The fraction of sp³-hybridized carbons (Fsp3) is 0.429. The molecule has 3 rings (SSSR count). The number of benzene rings is 1. The summed E-state index contributed by atoms with van der Waals surface area (Å²) in [4.78, 5) is 29.4. The quantitative estimate of drug-likeness (QED) is 0.669. The van der Waals surface area contributed by atoms with Gasteiger partial charge in [-0.3, -0.25) is 4.79 Å². The van der Waals surface area contributed by atoms with Crippen molar-refractivity contribution in [3.63, 3.8) is 0 Å². The van der Waals surface area contributed by atoms with Crippen molar-refractivity contribution < 1.29 is 23.8 Å². The first-order chi connectivity index (χ1) is 14.0. The van der Waals surface area contributed by atoms with Crippen molar-refractivity contribution in [2.75, 3.05) is 7.11 Å². The van der Waals surface area contributed by atoms with Gasteiger partial charge in [-0.25, -0.2) is 14.5 Å². The number of rotatable bonds is 4. The first-order valence-corrected chi connectivity index (χ1v) is 9.84. The maximum Gasteiger partial charge on any atom is 0.513 e. The third kappa shape index (κ3) is 3.97. The molecular weight excluding hydrogens is 410 g/mol. The van der Waals surface area contributed by atoms with Crippen molar-refractivity contribution in [3.05, 3.63) is 46.7 Å². The van der Waals surface area contributed by atoms with Crippen LogP contribution in [0.15, 0.2) is 30.3 Å². The van der Waals surface area contributed by atoms with Gasteiger partial charge in [-0.15, -0.1) is 5.10 Å². The van der Waals surface area contributed by atoms with E-state index in [9.17, 15) is 9.59 Å². The highest BCUT2D eigenvalue weighted by Gasteiger charge is 2.49. The van der Waals surface area contributed by atoms with Gasteiger partial charge in [0, 0.05) is 0 Å². The smallest absolute Gasteiger partial charge is 0.437 e. The number of halogens is 1. The topological polar surface area (TPSA) is 92.5 Å². The number of carbonyl (C=O) groups is 2. The van der Waals surface area contributed by atoms with E-state index in [-0.39, 0.29) is 22.4 Å². The third-order valence-electron chi connectivity index (χ3n) is 4.88. The molecular formula is C21H24ClN3O5. The first-order valence-electron chi connectivity index (χ1n) is 9.46. The number of carbonyl (C=O) groups excluding carboxylic acids is 2. The summed E-state index contributed by atoms with van der Waals surface area (Å²) in [5.41, 5.74) is 0.258. The van der Waals surface area contributed by atoms with Crippen LogP contribution in [0.3, 0.4) is 0 Å². The van der Waals surface area contributed by atoms with E-state index in [2.05, 4.69) is 14.8 Å². The van der Waals surface area contributed by atoms with Crippen molar-refractivity contribution in [2.24, 2.45) is 0 Å². The van der Waals surface area contributed by atoms with Crippen molar-refractivity contribution in [1.29, 1.82) is 0 Å². The summed E-state index contributed by atoms with van der Waals surface area (Å²) in [6.07, 6.45) is 1.20. The van der Waals surface area contributed by atoms with E-state index >= 15 is 0 Å². The van der Waals surface area contributed by atoms with Crippen LogP contribution in [0.2, 0.25) is 5.28 Å². The van der Waals surface area contributed by atoms with E-state index in [0.717, 1.165) is 5.56 Å². The monoisotopic (exact) mass is 433 g/mol. The standard InChI is InChI=1S/C21H24ClN3O5/c1-7-12-8-9-13(25-11-23-18(22)24-25)10-14(12)15-16(26)20(2,3)30-21(4,5)17(15)29-19(27)28-6/h8-11H,7H2,1-6H3. The van der Waals surface area contributed by atoms with E-state index in [4.69, 9.17) is 21.1 Å². The number of aryl methyl sites for hydroxylation is 1. The average molecular weight is 434 g/mol. The SMILES string of the molecule is CCc1ccc(-n2cnc(Cl)n2)cc1C1=C(OC(=O)OC)C(C)(C)OC(C)(C)C1=O. The number of Topliss-reactive ketones (excluding diaryl/α,β-unsaturated/α-hetero) is 1. The molecule has 0 spiro atoms. The van der Waals surface area contributed by atoms with Crippen LogP contribution in [0.4, 0.5) is 4.79 Å². The minimum atomic E-state index is -1.13. The predicted octanol–water partition coefficient (Wildman–Crippen LogP) is 4.13. The Morgan fingerprint density at radius 2 is 1.93 bits per heavy atom. The Bertz CT molecular complexity index is 1040. The van der Waals surface area contributed by atoms with Crippen LogP contribution in [0, 0.1) is 0 Å². The molecule has 0 radical (unpaired) electrons. The normalized spacial score (nSPS) is 17.8. The second-order valence-corrected chi connectivity index (χ2v) is 8.20. The second kappa shape index (κ2) is 7.85. The zero-order chi connectivity index (χ0) is 22.3. The lowest BCUT2D eigenvalue weighted by atomic mass is 9.81. The molecule has 8 nitrogen and oxygen atoms in total. The van der Waals surface area contributed by atoms with Crippen LogP contribution in [0.1, 0.15) is 45.7 Å². The van der Waals surface area contributed by atoms with Crippen molar-refractivity contribution in [1.82, 2.24) is 14.8 Å². The maximum atomic E-state index is 13.5. The van der Waals surface area contributed by atoms with Crippen LogP contribution in [0.25, 0.3) is 11.3 Å². The molecule has 9 heteroatoms. The second-order valence-electron chi connectivity index (χ2n) is 7.87. The van der Waals surface area contributed by atoms with Crippen LogP contribution in [0.5, 0.6) is 0 Å². The van der Waals surface area contributed by atoms with Crippen molar-refractivity contribution in [3.8, 4) is 5.69 Å². The zero-order valence-electron chi connectivity index (χ0n) is 17.8. The number of hydrogen-bond donors (Lipinski definition) is 0. The van der Waals surface area contributed by atoms with E-state index < -0.39 is 17.4 Å². The molecule has 160 valence electrons. The largest absolute Gasteiger partial charge is 0.513 e. The molecule has 2 aromatic rings. The average Bonchev–Trinajstić information content (AvgIpc) is 3.11.